The van der Waals surface area contributed by atoms with Crippen LogP contribution in [0, 0.1) is 0 Å². The van der Waals surface area contributed by atoms with E-state index >= 15 is 0 Å². The van der Waals surface area contributed by atoms with E-state index in [1.54, 1.807) is 49.6 Å². The number of nitrogens with one attached hydrogen (secondary N) is 2. The standard InChI is InChI=1S/C22H22N2O4S/c1-28-19-14-12-18(13-15-19)23-22(25)21(16-17-8-4-2-5-9-17)24-29(26,27)20-10-6-3-7-11-20/h2-15,21,24H,16H2,1H3,(H,23,25)/t21-/m1/s1. The molecule has 0 fully saturated rings. The second kappa shape index (κ2) is 9.36. The summed E-state index contributed by atoms with van der Waals surface area (Å²) in [6.07, 6.45) is 0.217. The number of carbonyl (C=O) groups excluding carboxylic acids is 1. The lowest BCUT2D eigenvalue weighted by Crippen LogP contribution is -2.45. The van der Waals surface area contributed by atoms with Crippen molar-refractivity contribution in [3.05, 3.63) is 90.5 Å². The summed E-state index contributed by atoms with van der Waals surface area (Å²) in [5, 5.41) is 2.77. The summed E-state index contributed by atoms with van der Waals surface area (Å²) in [6, 6.07) is 23.1. The van der Waals surface area contributed by atoms with Gasteiger partial charge in [-0.05, 0) is 48.4 Å². The molecular formula is C22H22N2O4S. The molecule has 3 aromatic carbocycles. The van der Waals surface area contributed by atoms with Gasteiger partial charge >= 0.3 is 0 Å². The molecule has 0 bridgehead atoms. The summed E-state index contributed by atoms with van der Waals surface area (Å²) < 4.78 is 33.2. The normalized spacial score (nSPS) is 12.2. The molecule has 6 nitrogen and oxygen atoms in total. The number of hydrogen-bond acceptors (Lipinski definition) is 4. The fourth-order valence-electron chi connectivity index (χ4n) is 2.80. The average molecular weight is 410 g/mol. The maximum atomic E-state index is 12.9. The SMILES string of the molecule is COc1ccc(NC(=O)[C@@H](Cc2ccccc2)NS(=O)(=O)c2ccccc2)cc1. The number of hydrogen-bond donors (Lipinski definition) is 2. The van der Waals surface area contributed by atoms with Crippen LogP contribution in [0.3, 0.4) is 0 Å². The highest BCUT2D eigenvalue weighted by molar-refractivity contribution is 7.89. The van der Waals surface area contributed by atoms with Crippen molar-refractivity contribution < 1.29 is 17.9 Å². The molecule has 0 saturated carbocycles. The number of amides is 1. The van der Waals surface area contributed by atoms with Gasteiger partial charge in [-0.2, -0.15) is 4.72 Å². The number of rotatable bonds is 8. The molecule has 0 aromatic heterocycles. The van der Waals surface area contributed by atoms with Crippen LogP contribution in [0.5, 0.6) is 5.75 Å². The Morgan fingerprint density at radius 3 is 2.07 bits per heavy atom. The molecule has 0 spiro atoms. The van der Waals surface area contributed by atoms with E-state index in [1.165, 1.54) is 12.1 Å². The fraction of sp³-hybridized carbons (Fsp3) is 0.136. The Morgan fingerprint density at radius 2 is 1.48 bits per heavy atom. The minimum atomic E-state index is -3.86. The number of benzene rings is 3. The van der Waals surface area contributed by atoms with Gasteiger partial charge < -0.3 is 10.1 Å². The van der Waals surface area contributed by atoms with E-state index in [-0.39, 0.29) is 11.3 Å². The predicted molar refractivity (Wildman–Crippen MR) is 112 cm³/mol. The van der Waals surface area contributed by atoms with Gasteiger partial charge in [-0.25, -0.2) is 8.42 Å². The Bertz CT molecular complexity index is 1040. The first-order chi connectivity index (χ1) is 14.0. The summed E-state index contributed by atoms with van der Waals surface area (Å²) in [4.78, 5) is 13.0. The molecule has 0 radical (unpaired) electrons. The van der Waals surface area contributed by atoms with Crippen molar-refractivity contribution >= 4 is 21.6 Å². The van der Waals surface area contributed by atoms with Crippen LogP contribution < -0.4 is 14.8 Å². The smallest absolute Gasteiger partial charge is 0.242 e. The van der Waals surface area contributed by atoms with E-state index in [9.17, 15) is 13.2 Å². The second-order valence-corrected chi connectivity index (χ2v) is 8.11. The molecule has 0 saturated heterocycles. The lowest BCUT2D eigenvalue weighted by Gasteiger charge is -2.19. The minimum Gasteiger partial charge on any atom is -0.497 e. The number of carbonyl (C=O) groups is 1. The molecule has 0 aliphatic heterocycles. The van der Waals surface area contributed by atoms with Gasteiger partial charge in [-0.1, -0.05) is 48.5 Å². The summed E-state index contributed by atoms with van der Waals surface area (Å²) in [5.41, 5.74) is 1.39. The maximum absolute atomic E-state index is 12.9. The highest BCUT2D eigenvalue weighted by atomic mass is 32.2. The first kappa shape index (κ1) is 20.6. The Balaban J connectivity index is 1.82. The van der Waals surface area contributed by atoms with Crippen molar-refractivity contribution in [3.8, 4) is 5.75 Å². The third kappa shape index (κ3) is 5.66. The third-order valence-corrected chi connectivity index (χ3v) is 5.80. The van der Waals surface area contributed by atoms with Gasteiger partial charge in [0.1, 0.15) is 11.8 Å². The quantitative estimate of drug-likeness (QED) is 0.597. The molecule has 29 heavy (non-hydrogen) atoms. The molecule has 1 atom stereocenters. The van der Waals surface area contributed by atoms with Gasteiger partial charge in [0.15, 0.2) is 0 Å². The van der Waals surface area contributed by atoms with Crippen molar-refractivity contribution in [2.24, 2.45) is 0 Å². The molecule has 7 heteroatoms. The largest absolute Gasteiger partial charge is 0.497 e. The van der Waals surface area contributed by atoms with E-state index < -0.39 is 22.0 Å². The topological polar surface area (TPSA) is 84.5 Å². The zero-order valence-corrected chi connectivity index (χ0v) is 16.7. The van der Waals surface area contributed by atoms with E-state index in [2.05, 4.69) is 10.0 Å². The third-order valence-electron chi connectivity index (χ3n) is 4.31. The van der Waals surface area contributed by atoms with Crippen molar-refractivity contribution in [3.63, 3.8) is 0 Å². The minimum absolute atomic E-state index is 0.107. The summed E-state index contributed by atoms with van der Waals surface area (Å²) >= 11 is 0. The number of sulfonamides is 1. The van der Waals surface area contributed by atoms with Crippen LogP contribution in [0.2, 0.25) is 0 Å². The van der Waals surface area contributed by atoms with E-state index in [0.717, 1.165) is 5.56 Å². The monoisotopic (exact) mass is 410 g/mol. The van der Waals surface area contributed by atoms with E-state index in [4.69, 9.17) is 4.74 Å². The molecule has 150 valence electrons. The average Bonchev–Trinajstić information content (AvgIpc) is 2.75. The fourth-order valence-corrected chi connectivity index (χ4v) is 4.01. The zero-order chi connectivity index (χ0) is 20.7. The van der Waals surface area contributed by atoms with Gasteiger partial charge in [0.05, 0.1) is 12.0 Å². The Hall–Kier alpha value is -3.16. The zero-order valence-electron chi connectivity index (χ0n) is 15.9. The van der Waals surface area contributed by atoms with Crippen LogP contribution in [0.4, 0.5) is 5.69 Å². The highest BCUT2D eigenvalue weighted by Gasteiger charge is 2.26. The molecule has 0 heterocycles. The second-order valence-electron chi connectivity index (χ2n) is 6.39. The van der Waals surface area contributed by atoms with Gasteiger partial charge in [0, 0.05) is 5.69 Å². The Morgan fingerprint density at radius 1 is 0.897 bits per heavy atom. The predicted octanol–water partition coefficient (Wildman–Crippen LogP) is 3.22. The lowest BCUT2D eigenvalue weighted by molar-refractivity contribution is -0.117. The molecule has 0 aliphatic rings. The summed E-state index contributed by atoms with van der Waals surface area (Å²) in [7, 11) is -2.30. The van der Waals surface area contributed by atoms with Gasteiger partial charge in [-0.15, -0.1) is 0 Å². The number of ether oxygens (including phenoxy) is 1. The Kier molecular flexibility index (Phi) is 6.64. The van der Waals surface area contributed by atoms with Crippen LogP contribution in [0.15, 0.2) is 89.8 Å². The molecule has 2 N–H and O–H groups in total. The first-order valence-corrected chi connectivity index (χ1v) is 10.5. The summed E-state index contributed by atoms with van der Waals surface area (Å²) in [5.74, 6) is 0.215. The van der Waals surface area contributed by atoms with Crippen molar-refractivity contribution in [1.29, 1.82) is 0 Å². The van der Waals surface area contributed by atoms with Gasteiger partial charge in [0.2, 0.25) is 15.9 Å². The maximum Gasteiger partial charge on any atom is 0.242 e. The van der Waals surface area contributed by atoms with Crippen molar-refractivity contribution in [2.45, 2.75) is 17.4 Å². The number of methoxy groups -OCH3 is 1. The van der Waals surface area contributed by atoms with Crippen LogP contribution in [0.1, 0.15) is 5.56 Å². The van der Waals surface area contributed by atoms with Crippen LogP contribution in [-0.4, -0.2) is 27.5 Å². The highest BCUT2D eigenvalue weighted by Crippen LogP contribution is 2.16. The number of anilines is 1. The van der Waals surface area contributed by atoms with Crippen LogP contribution in [-0.2, 0) is 21.2 Å². The lowest BCUT2D eigenvalue weighted by atomic mass is 10.1. The van der Waals surface area contributed by atoms with Crippen LogP contribution >= 0.6 is 0 Å². The first-order valence-electron chi connectivity index (χ1n) is 9.04. The molecule has 0 unspecified atom stereocenters. The van der Waals surface area contributed by atoms with E-state index in [1.807, 2.05) is 30.3 Å². The summed E-state index contributed by atoms with van der Waals surface area (Å²) in [6.45, 7) is 0. The van der Waals surface area contributed by atoms with Gasteiger partial charge in [-0.3, -0.25) is 4.79 Å². The molecule has 3 rings (SSSR count). The molecular weight excluding hydrogens is 388 g/mol. The Labute approximate surface area is 170 Å². The molecule has 3 aromatic rings. The van der Waals surface area contributed by atoms with Crippen LogP contribution in [0.25, 0.3) is 0 Å². The molecule has 0 aliphatic carbocycles. The van der Waals surface area contributed by atoms with Crippen molar-refractivity contribution in [1.82, 2.24) is 4.72 Å². The van der Waals surface area contributed by atoms with Gasteiger partial charge in [0.25, 0.3) is 0 Å². The molecule has 1 amide bonds. The van der Waals surface area contributed by atoms with E-state index in [0.29, 0.717) is 11.4 Å². The van der Waals surface area contributed by atoms with Crippen molar-refractivity contribution in [2.75, 3.05) is 12.4 Å².